The summed E-state index contributed by atoms with van der Waals surface area (Å²) in [6.07, 6.45) is 3.98. The molecule has 1 aliphatic rings. The fraction of sp³-hybridized carbons (Fsp3) is 0.778. The highest BCUT2D eigenvalue weighted by Gasteiger charge is 2.10. The molecule has 15 heavy (non-hydrogen) atoms. The normalized spacial score (nSPS) is 17.3. The van der Waals surface area contributed by atoms with E-state index in [1.807, 2.05) is 0 Å². The molecule has 0 bridgehead atoms. The molecule has 0 spiro atoms. The number of nitrogens with zero attached hydrogens (tertiary/aromatic N) is 3. The van der Waals surface area contributed by atoms with Crippen LogP contribution in [0.2, 0.25) is 0 Å². The van der Waals surface area contributed by atoms with Crippen molar-refractivity contribution in [3.63, 3.8) is 0 Å². The van der Waals surface area contributed by atoms with Gasteiger partial charge in [0, 0.05) is 5.75 Å². The molecule has 0 aromatic carbocycles. The summed E-state index contributed by atoms with van der Waals surface area (Å²) in [6, 6.07) is 0. The first-order chi connectivity index (χ1) is 7.34. The number of anilines is 1. The minimum Gasteiger partial charge on any atom is -0.374 e. The number of nitrogen functional groups attached to an aromatic ring is 1. The second-order valence-corrected chi connectivity index (χ2v) is 6.01. The minimum absolute atomic E-state index is 0.567. The Bertz CT molecular complexity index is 296. The zero-order chi connectivity index (χ0) is 10.5. The summed E-state index contributed by atoms with van der Waals surface area (Å²) in [5.74, 6) is 1.12. The van der Waals surface area contributed by atoms with Crippen LogP contribution in [0.5, 0.6) is 0 Å². The number of likely N-dealkylation sites (tertiary alicyclic amines) is 1. The van der Waals surface area contributed by atoms with Gasteiger partial charge in [-0.3, -0.25) is 0 Å². The number of rotatable bonds is 5. The summed E-state index contributed by atoms with van der Waals surface area (Å²) in [7, 11) is 0. The second kappa shape index (κ2) is 5.67. The van der Waals surface area contributed by atoms with E-state index >= 15 is 0 Å². The Balaban J connectivity index is 1.58. The van der Waals surface area contributed by atoms with Crippen molar-refractivity contribution in [2.75, 3.05) is 31.1 Å². The lowest BCUT2D eigenvalue weighted by Gasteiger charge is -2.13. The molecule has 1 aromatic heterocycles. The third-order valence-corrected chi connectivity index (χ3v) is 4.44. The zero-order valence-electron chi connectivity index (χ0n) is 8.69. The summed E-state index contributed by atoms with van der Waals surface area (Å²) < 4.78 is 0.994. The highest BCUT2D eigenvalue weighted by atomic mass is 32.2. The molecule has 84 valence electrons. The minimum atomic E-state index is 0.567. The molecule has 0 aliphatic carbocycles. The quantitative estimate of drug-likeness (QED) is 0.631. The summed E-state index contributed by atoms with van der Waals surface area (Å²) in [5, 5.41) is 8.33. The van der Waals surface area contributed by atoms with Gasteiger partial charge in [-0.1, -0.05) is 23.1 Å². The molecule has 2 rings (SSSR count). The van der Waals surface area contributed by atoms with Crippen LogP contribution in [-0.4, -0.2) is 40.5 Å². The van der Waals surface area contributed by atoms with Crippen molar-refractivity contribution in [3.8, 4) is 0 Å². The van der Waals surface area contributed by atoms with Crippen molar-refractivity contribution in [1.82, 2.24) is 15.1 Å². The maximum absolute atomic E-state index is 5.51. The Morgan fingerprint density at radius 1 is 1.33 bits per heavy atom. The van der Waals surface area contributed by atoms with E-state index in [1.165, 1.54) is 50.2 Å². The predicted molar refractivity (Wildman–Crippen MR) is 65.3 cm³/mol. The lowest BCUT2D eigenvalue weighted by Crippen LogP contribution is -2.20. The molecule has 6 heteroatoms. The standard InChI is InChI=1S/C9H16N4S2/c10-8-11-12-9(15-8)14-7-3-6-13-4-1-2-5-13/h1-7H2,(H2,10,11). The molecule has 1 aromatic rings. The van der Waals surface area contributed by atoms with Gasteiger partial charge in [-0.15, -0.1) is 10.2 Å². The van der Waals surface area contributed by atoms with E-state index in [1.54, 1.807) is 11.8 Å². The van der Waals surface area contributed by atoms with E-state index in [0.29, 0.717) is 5.13 Å². The Morgan fingerprint density at radius 3 is 2.80 bits per heavy atom. The van der Waals surface area contributed by atoms with Crippen molar-refractivity contribution in [2.24, 2.45) is 0 Å². The maximum Gasteiger partial charge on any atom is 0.203 e. The number of hydrogen-bond acceptors (Lipinski definition) is 6. The molecule has 2 heterocycles. The summed E-state index contributed by atoms with van der Waals surface area (Å²) in [4.78, 5) is 2.54. The Labute approximate surface area is 98.3 Å². The molecule has 1 fully saturated rings. The van der Waals surface area contributed by atoms with Gasteiger partial charge >= 0.3 is 0 Å². The highest BCUT2D eigenvalue weighted by Crippen LogP contribution is 2.24. The molecular formula is C9H16N4S2. The monoisotopic (exact) mass is 244 g/mol. The highest BCUT2D eigenvalue weighted by molar-refractivity contribution is 8.01. The van der Waals surface area contributed by atoms with Crippen LogP contribution in [0.1, 0.15) is 19.3 Å². The first-order valence-electron chi connectivity index (χ1n) is 5.29. The van der Waals surface area contributed by atoms with Gasteiger partial charge in [0.2, 0.25) is 5.13 Å². The van der Waals surface area contributed by atoms with Crippen LogP contribution in [0.15, 0.2) is 4.34 Å². The fourth-order valence-electron chi connectivity index (χ4n) is 1.73. The van der Waals surface area contributed by atoms with E-state index in [-0.39, 0.29) is 0 Å². The van der Waals surface area contributed by atoms with Gasteiger partial charge in [0.25, 0.3) is 0 Å². The third kappa shape index (κ3) is 3.62. The van der Waals surface area contributed by atoms with Crippen molar-refractivity contribution in [3.05, 3.63) is 0 Å². The number of thioether (sulfide) groups is 1. The molecule has 0 atom stereocenters. The predicted octanol–water partition coefficient (Wildman–Crippen LogP) is 1.70. The lowest BCUT2D eigenvalue weighted by atomic mass is 10.4. The molecule has 1 aliphatic heterocycles. The van der Waals surface area contributed by atoms with Crippen LogP contribution in [0.3, 0.4) is 0 Å². The average molecular weight is 244 g/mol. The first-order valence-corrected chi connectivity index (χ1v) is 7.09. The summed E-state index contributed by atoms with van der Waals surface area (Å²) in [6.45, 7) is 3.80. The first kappa shape index (κ1) is 11.2. The SMILES string of the molecule is Nc1nnc(SCCCN2CCCC2)s1. The van der Waals surface area contributed by atoms with Gasteiger partial charge in [0.15, 0.2) is 4.34 Å². The van der Waals surface area contributed by atoms with Crippen molar-refractivity contribution in [2.45, 2.75) is 23.6 Å². The zero-order valence-corrected chi connectivity index (χ0v) is 10.3. The summed E-state index contributed by atoms with van der Waals surface area (Å²) in [5.41, 5.74) is 5.51. The molecule has 4 nitrogen and oxygen atoms in total. The van der Waals surface area contributed by atoms with Gasteiger partial charge in [0.1, 0.15) is 0 Å². The molecular weight excluding hydrogens is 228 g/mol. The molecule has 0 unspecified atom stereocenters. The smallest absolute Gasteiger partial charge is 0.203 e. The van der Waals surface area contributed by atoms with E-state index in [2.05, 4.69) is 15.1 Å². The van der Waals surface area contributed by atoms with E-state index < -0.39 is 0 Å². The average Bonchev–Trinajstić information content (AvgIpc) is 2.84. The van der Waals surface area contributed by atoms with Crippen LogP contribution in [0, 0.1) is 0 Å². The van der Waals surface area contributed by atoms with Gasteiger partial charge in [0.05, 0.1) is 0 Å². The van der Waals surface area contributed by atoms with Crippen LogP contribution in [-0.2, 0) is 0 Å². The largest absolute Gasteiger partial charge is 0.374 e. The van der Waals surface area contributed by atoms with E-state index in [4.69, 9.17) is 5.73 Å². The molecule has 0 amide bonds. The van der Waals surface area contributed by atoms with Gasteiger partial charge < -0.3 is 10.6 Å². The van der Waals surface area contributed by atoms with Crippen molar-refractivity contribution < 1.29 is 0 Å². The molecule has 0 saturated carbocycles. The number of aromatic nitrogens is 2. The fourth-order valence-corrected chi connectivity index (χ4v) is 3.36. The topological polar surface area (TPSA) is 55.0 Å². The summed E-state index contributed by atoms with van der Waals surface area (Å²) >= 11 is 3.24. The Hall–Kier alpha value is -0.330. The van der Waals surface area contributed by atoms with Crippen LogP contribution in [0.25, 0.3) is 0 Å². The Kier molecular flexibility index (Phi) is 4.22. The Morgan fingerprint density at radius 2 is 2.13 bits per heavy atom. The van der Waals surface area contributed by atoms with E-state index in [0.717, 1.165) is 10.1 Å². The van der Waals surface area contributed by atoms with Gasteiger partial charge in [-0.2, -0.15) is 0 Å². The number of hydrogen-bond donors (Lipinski definition) is 1. The van der Waals surface area contributed by atoms with Crippen LogP contribution >= 0.6 is 23.1 Å². The van der Waals surface area contributed by atoms with E-state index in [9.17, 15) is 0 Å². The van der Waals surface area contributed by atoms with Gasteiger partial charge in [-0.25, -0.2) is 0 Å². The molecule has 2 N–H and O–H groups in total. The van der Waals surface area contributed by atoms with Gasteiger partial charge in [-0.05, 0) is 38.9 Å². The second-order valence-electron chi connectivity index (χ2n) is 3.66. The maximum atomic E-state index is 5.51. The molecule has 1 saturated heterocycles. The van der Waals surface area contributed by atoms with Crippen LogP contribution in [0.4, 0.5) is 5.13 Å². The number of nitrogens with two attached hydrogens (primary N) is 1. The third-order valence-electron chi connectivity index (χ3n) is 2.46. The van der Waals surface area contributed by atoms with Crippen molar-refractivity contribution in [1.29, 1.82) is 0 Å². The van der Waals surface area contributed by atoms with Crippen molar-refractivity contribution >= 4 is 28.2 Å². The van der Waals surface area contributed by atoms with Crippen LogP contribution < -0.4 is 5.73 Å². The lowest BCUT2D eigenvalue weighted by molar-refractivity contribution is 0.341. The molecule has 0 radical (unpaired) electrons.